The minimum absolute atomic E-state index is 1.10. The largest absolute Gasteiger partial charge is 0.311 e. The molecule has 0 saturated heterocycles. The zero-order chi connectivity index (χ0) is 39.8. The maximum atomic E-state index is 2.41. The van der Waals surface area contributed by atoms with E-state index in [0.29, 0.717) is 0 Å². The lowest BCUT2D eigenvalue weighted by Crippen LogP contribution is -2.09. The first-order valence-electron chi connectivity index (χ1n) is 20.6. The Balaban J connectivity index is 0.881. The molecule has 2 nitrogen and oxygen atoms in total. The van der Waals surface area contributed by atoms with Crippen molar-refractivity contribution in [2.24, 2.45) is 0 Å². The third-order valence-corrected chi connectivity index (χ3v) is 11.8. The number of benzene rings is 10. The van der Waals surface area contributed by atoms with Gasteiger partial charge in [0.05, 0.1) is 16.7 Å². The molecule has 11 rings (SSSR count). The molecule has 0 aliphatic carbocycles. The molecule has 0 amide bonds. The van der Waals surface area contributed by atoms with Gasteiger partial charge in [-0.3, -0.25) is 0 Å². The predicted octanol–water partition coefficient (Wildman–Crippen LogP) is 16.1. The number of anilines is 3. The van der Waals surface area contributed by atoms with Crippen LogP contribution in [0, 0.1) is 0 Å². The average Bonchev–Trinajstić information content (AvgIpc) is 3.67. The van der Waals surface area contributed by atoms with E-state index in [0.717, 1.165) is 17.1 Å². The van der Waals surface area contributed by atoms with Crippen LogP contribution in [0.25, 0.3) is 82.8 Å². The van der Waals surface area contributed by atoms with Crippen molar-refractivity contribution in [2.45, 2.75) is 0 Å². The van der Waals surface area contributed by atoms with Gasteiger partial charge in [0.1, 0.15) is 0 Å². The summed E-state index contributed by atoms with van der Waals surface area (Å²) < 4.78 is 2.41. The smallest absolute Gasteiger partial charge is 0.0541 e. The van der Waals surface area contributed by atoms with Crippen LogP contribution < -0.4 is 4.90 Å². The molecule has 0 aliphatic heterocycles. The number of nitrogens with zero attached hydrogens (tertiary/aromatic N) is 2. The van der Waals surface area contributed by atoms with Gasteiger partial charge in [-0.2, -0.15) is 0 Å². The molecule has 0 unspecified atom stereocenters. The van der Waals surface area contributed by atoms with E-state index >= 15 is 0 Å². The van der Waals surface area contributed by atoms with Crippen molar-refractivity contribution in [3.05, 3.63) is 243 Å². The van der Waals surface area contributed by atoms with Gasteiger partial charge < -0.3 is 9.47 Å². The van der Waals surface area contributed by atoms with E-state index in [1.165, 1.54) is 82.8 Å². The summed E-state index contributed by atoms with van der Waals surface area (Å²) in [5, 5.41) is 5.05. The summed E-state index contributed by atoms with van der Waals surface area (Å²) in [6.45, 7) is 0. The van der Waals surface area contributed by atoms with Crippen molar-refractivity contribution in [1.29, 1.82) is 0 Å². The van der Waals surface area contributed by atoms with Crippen molar-refractivity contribution in [2.75, 3.05) is 4.90 Å². The fraction of sp³-hybridized carbons (Fsp3) is 0. The first-order valence-corrected chi connectivity index (χ1v) is 20.6. The molecule has 2 heteroatoms. The summed E-state index contributed by atoms with van der Waals surface area (Å²) in [4.78, 5) is 2.33. The van der Waals surface area contributed by atoms with E-state index in [-0.39, 0.29) is 0 Å². The molecule has 0 atom stereocenters. The van der Waals surface area contributed by atoms with Crippen LogP contribution in [0.4, 0.5) is 17.1 Å². The van der Waals surface area contributed by atoms with Crippen molar-refractivity contribution in [1.82, 2.24) is 4.57 Å². The van der Waals surface area contributed by atoms with Crippen LogP contribution in [0.1, 0.15) is 0 Å². The van der Waals surface area contributed by atoms with Gasteiger partial charge >= 0.3 is 0 Å². The standard InChI is InChI=1S/C58H40N2/c1-2-17-50(18-3-1)59(52-37-33-44(34-38-52)47-15-12-16-48(39-47)49-30-27-41-13-4-5-14-46(41)40-49)51-35-31-43(32-36-51)42-25-28-45(29-26-42)53-19-6-9-22-56(53)60-57-23-10-7-20-54(57)55-21-8-11-24-58(55)60/h1-40H. The molecule has 10 aromatic carbocycles. The molecule has 0 fully saturated rings. The molecule has 0 saturated carbocycles. The van der Waals surface area contributed by atoms with Gasteiger partial charge in [-0.15, -0.1) is 0 Å². The number of hydrogen-bond acceptors (Lipinski definition) is 1. The minimum atomic E-state index is 1.10. The van der Waals surface area contributed by atoms with Crippen LogP contribution in [0.2, 0.25) is 0 Å². The maximum Gasteiger partial charge on any atom is 0.0541 e. The van der Waals surface area contributed by atoms with Crippen molar-refractivity contribution in [3.63, 3.8) is 0 Å². The molecule has 1 heterocycles. The Labute approximate surface area is 350 Å². The Morgan fingerprint density at radius 3 is 1.38 bits per heavy atom. The van der Waals surface area contributed by atoms with Crippen LogP contribution in [-0.4, -0.2) is 4.57 Å². The number of rotatable bonds is 8. The monoisotopic (exact) mass is 764 g/mol. The Kier molecular flexibility index (Phi) is 8.87. The highest BCUT2D eigenvalue weighted by Crippen LogP contribution is 2.39. The molecule has 1 aromatic heterocycles. The fourth-order valence-corrected chi connectivity index (χ4v) is 8.81. The quantitative estimate of drug-likeness (QED) is 0.150. The summed E-state index contributed by atoms with van der Waals surface area (Å²) in [6, 6.07) is 87.7. The highest BCUT2D eigenvalue weighted by Gasteiger charge is 2.16. The van der Waals surface area contributed by atoms with Gasteiger partial charge in [-0.1, -0.05) is 176 Å². The SMILES string of the molecule is c1ccc(N(c2ccc(-c3ccc(-c4ccccc4-n4c5ccccc5c5ccccc54)cc3)cc2)c2ccc(-c3cccc(-c4ccc5ccccc5c4)c3)cc2)cc1. The van der Waals surface area contributed by atoms with Crippen LogP contribution in [0.5, 0.6) is 0 Å². The lowest BCUT2D eigenvalue weighted by Gasteiger charge is -2.26. The lowest BCUT2D eigenvalue weighted by molar-refractivity contribution is 1.18. The molecule has 0 spiro atoms. The highest BCUT2D eigenvalue weighted by molar-refractivity contribution is 6.09. The van der Waals surface area contributed by atoms with Gasteiger partial charge in [0, 0.05) is 33.4 Å². The summed E-state index contributed by atoms with van der Waals surface area (Å²) in [5.41, 5.74) is 16.5. The molecule has 0 aliphatic rings. The predicted molar refractivity (Wildman–Crippen MR) is 255 cm³/mol. The molecule has 282 valence electrons. The summed E-state index contributed by atoms with van der Waals surface area (Å²) in [7, 11) is 0. The fourth-order valence-electron chi connectivity index (χ4n) is 8.81. The first kappa shape index (κ1) is 35.2. The summed E-state index contributed by atoms with van der Waals surface area (Å²) >= 11 is 0. The van der Waals surface area contributed by atoms with Crippen molar-refractivity contribution >= 4 is 49.6 Å². The van der Waals surface area contributed by atoms with Gasteiger partial charge in [0.15, 0.2) is 0 Å². The van der Waals surface area contributed by atoms with E-state index < -0.39 is 0 Å². The number of para-hydroxylation sites is 4. The van der Waals surface area contributed by atoms with Crippen molar-refractivity contribution < 1.29 is 0 Å². The normalized spacial score (nSPS) is 11.3. The zero-order valence-corrected chi connectivity index (χ0v) is 33.0. The molecular weight excluding hydrogens is 725 g/mol. The van der Waals surface area contributed by atoms with Crippen LogP contribution in [0.15, 0.2) is 243 Å². The van der Waals surface area contributed by atoms with E-state index in [2.05, 4.69) is 252 Å². The number of fused-ring (bicyclic) bond motifs is 4. The average molecular weight is 765 g/mol. The third kappa shape index (κ3) is 6.41. The Morgan fingerprint density at radius 2 is 0.717 bits per heavy atom. The molecule has 60 heavy (non-hydrogen) atoms. The van der Waals surface area contributed by atoms with E-state index in [1.807, 2.05) is 0 Å². The highest BCUT2D eigenvalue weighted by atomic mass is 15.1. The lowest BCUT2D eigenvalue weighted by atomic mass is 9.97. The molecule has 0 radical (unpaired) electrons. The van der Waals surface area contributed by atoms with E-state index in [9.17, 15) is 0 Å². The Morgan fingerprint density at radius 1 is 0.267 bits per heavy atom. The molecule has 0 N–H and O–H groups in total. The Hall–Kier alpha value is -7.94. The van der Waals surface area contributed by atoms with E-state index in [4.69, 9.17) is 0 Å². The zero-order valence-electron chi connectivity index (χ0n) is 33.0. The molecule has 11 aromatic rings. The van der Waals surface area contributed by atoms with E-state index in [1.54, 1.807) is 0 Å². The number of aromatic nitrogens is 1. The maximum absolute atomic E-state index is 2.41. The molecule has 0 bridgehead atoms. The summed E-state index contributed by atoms with van der Waals surface area (Å²) in [5.74, 6) is 0. The van der Waals surface area contributed by atoms with Gasteiger partial charge in [-0.05, 0) is 116 Å². The second-order valence-electron chi connectivity index (χ2n) is 15.4. The van der Waals surface area contributed by atoms with Crippen LogP contribution >= 0.6 is 0 Å². The second kappa shape index (κ2) is 15.1. The van der Waals surface area contributed by atoms with Gasteiger partial charge in [0.25, 0.3) is 0 Å². The van der Waals surface area contributed by atoms with Crippen molar-refractivity contribution in [3.8, 4) is 50.2 Å². The van der Waals surface area contributed by atoms with Crippen LogP contribution in [0.3, 0.4) is 0 Å². The van der Waals surface area contributed by atoms with Gasteiger partial charge in [0.2, 0.25) is 0 Å². The molecular formula is C58H40N2. The summed E-state index contributed by atoms with van der Waals surface area (Å²) in [6.07, 6.45) is 0. The van der Waals surface area contributed by atoms with Gasteiger partial charge in [-0.25, -0.2) is 0 Å². The number of hydrogen-bond donors (Lipinski definition) is 0. The minimum Gasteiger partial charge on any atom is -0.311 e. The second-order valence-corrected chi connectivity index (χ2v) is 15.4. The van der Waals surface area contributed by atoms with Crippen LogP contribution in [-0.2, 0) is 0 Å². The Bertz CT molecular complexity index is 3230. The third-order valence-electron chi connectivity index (χ3n) is 11.8. The topological polar surface area (TPSA) is 8.17 Å². The first-order chi connectivity index (χ1) is 29.7.